The molecule has 0 bridgehead atoms. The van der Waals surface area contributed by atoms with E-state index in [9.17, 15) is 13.2 Å². The highest BCUT2D eigenvalue weighted by molar-refractivity contribution is 7.90. The van der Waals surface area contributed by atoms with E-state index in [1.807, 2.05) is 0 Å². The molecule has 2 aliphatic heterocycles. The Morgan fingerprint density at radius 1 is 1.30 bits per heavy atom. The minimum Gasteiger partial charge on any atom is -0.325 e. The summed E-state index contributed by atoms with van der Waals surface area (Å²) in [5.41, 5.74) is 1.80. The number of aliphatic imine (C=N–C) groups is 1. The fourth-order valence-corrected chi connectivity index (χ4v) is 6.14. The summed E-state index contributed by atoms with van der Waals surface area (Å²) in [5.74, 6) is 0.350. The topological polar surface area (TPSA) is 90.9 Å². The first-order valence-electron chi connectivity index (χ1n) is 10.2. The molecule has 0 saturated heterocycles. The van der Waals surface area contributed by atoms with Gasteiger partial charge in [0.15, 0.2) is 0 Å². The van der Waals surface area contributed by atoms with Crippen molar-refractivity contribution in [2.24, 2.45) is 4.99 Å². The Labute approximate surface area is 181 Å². The van der Waals surface area contributed by atoms with Crippen LogP contribution >= 0.6 is 11.3 Å². The van der Waals surface area contributed by atoms with Gasteiger partial charge in [-0.2, -0.15) is 0 Å². The van der Waals surface area contributed by atoms with Crippen molar-refractivity contribution in [3.63, 3.8) is 0 Å². The van der Waals surface area contributed by atoms with E-state index in [2.05, 4.69) is 38.3 Å². The van der Waals surface area contributed by atoms with Crippen LogP contribution in [0.3, 0.4) is 0 Å². The van der Waals surface area contributed by atoms with E-state index >= 15 is 0 Å². The van der Waals surface area contributed by atoms with Crippen molar-refractivity contribution in [3.05, 3.63) is 46.2 Å². The summed E-state index contributed by atoms with van der Waals surface area (Å²) < 4.78 is 27.7. The zero-order valence-corrected chi connectivity index (χ0v) is 18.6. The van der Waals surface area contributed by atoms with Crippen LogP contribution in [0.25, 0.3) is 0 Å². The number of anilines is 1. The molecule has 0 spiro atoms. The molecule has 3 heterocycles. The molecule has 4 rings (SSSR count). The molecular weight excluding hydrogens is 420 g/mol. The highest BCUT2D eigenvalue weighted by Crippen LogP contribution is 2.34. The van der Waals surface area contributed by atoms with E-state index < -0.39 is 10.0 Å². The quantitative estimate of drug-likeness (QED) is 0.713. The number of hydrogen-bond acceptors (Lipinski definition) is 6. The lowest BCUT2D eigenvalue weighted by atomic mass is 9.98. The Morgan fingerprint density at radius 2 is 2.17 bits per heavy atom. The van der Waals surface area contributed by atoms with E-state index in [4.69, 9.17) is 0 Å². The molecule has 0 radical (unpaired) electrons. The number of nitrogens with one attached hydrogen (secondary N) is 2. The molecule has 9 heteroatoms. The van der Waals surface area contributed by atoms with Gasteiger partial charge in [-0.25, -0.2) is 8.42 Å². The predicted octanol–water partition coefficient (Wildman–Crippen LogP) is 3.17. The Kier molecular flexibility index (Phi) is 6.21. The average molecular weight is 447 g/mol. The average Bonchev–Trinajstić information content (AvgIpc) is 3.39. The number of benzene rings is 1. The molecule has 0 aliphatic carbocycles. The normalized spacial score (nSPS) is 19.2. The summed E-state index contributed by atoms with van der Waals surface area (Å²) in [4.78, 5) is 20.6. The van der Waals surface area contributed by atoms with Gasteiger partial charge in [0.05, 0.1) is 11.4 Å². The number of amidine groups is 1. The van der Waals surface area contributed by atoms with Crippen molar-refractivity contribution in [3.8, 4) is 0 Å². The van der Waals surface area contributed by atoms with Crippen molar-refractivity contribution in [1.29, 1.82) is 0 Å². The first kappa shape index (κ1) is 21.0. The van der Waals surface area contributed by atoms with E-state index in [1.165, 1.54) is 22.6 Å². The van der Waals surface area contributed by atoms with Gasteiger partial charge >= 0.3 is 0 Å². The summed E-state index contributed by atoms with van der Waals surface area (Å²) in [6.07, 6.45) is 3.40. The number of nitrogens with zero attached hydrogens (tertiary/aromatic N) is 2. The SMILES string of the molecule is CCC1c2ccsc2CCN1CC(=O)Nc1cccc(S(=O)(=O)NC2=NCCC2)c1. The lowest BCUT2D eigenvalue weighted by Crippen LogP contribution is -2.40. The van der Waals surface area contributed by atoms with Crippen molar-refractivity contribution in [1.82, 2.24) is 9.62 Å². The maximum atomic E-state index is 12.7. The van der Waals surface area contributed by atoms with E-state index in [1.54, 1.807) is 23.5 Å². The van der Waals surface area contributed by atoms with Gasteiger partial charge in [0.2, 0.25) is 5.91 Å². The maximum absolute atomic E-state index is 12.7. The number of rotatable bonds is 6. The van der Waals surface area contributed by atoms with Crippen molar-refractivity contribution in [2.75, 3.05) is 25.0 Å². The van der Waals surface area contributed by atoms with Crippen LogP contribution < -0.4 is 10.0 Å². The fraction of sp³-hybridized carbons (Fsp3) is 0.429. The van der Waals surface area contributed by atoms with Crippen LogP contribution in [0, 0.1) is 0 Å². The Bertz CT molecular complexity index is 1060. The summed E-state index contributed by atoms with van der Waals surface area (Å²) in [5, 5.41) is 4.98. The van der Waals surface area contributed by atoms with Crippen LogP contribution in [0.2, 0.25) is 0 Å². The van der Waals surface area contributed by atoms with E-state index in [0.29, 0.717) is 24.5 Å². The summed E-state index contributed by atoms with van der Waals surface area (Å²) in [6.45, 7) is 3.91. The smallest absolute Gasteiger partial charge is 0.262 e. The molecule has 0 saturated carbocycles. The molecule has 1 amide bonds. The Hall–Kier alpha value is -2.23. The van der Waals surface area contributed by atoms with Crippen LogP contribution in [0.1, 0.15) is 42.7 Å². The van der Waals surface area contributed by atoms with Gasteiger partial charge in [-0.05, 0) is 54.5 Å². The Morgan fingerprint density at radius 3 is 2.93 bits per heavy atom. The van der Waals surface area contributed by atoms with Gasteiger partial charge in [0.25, 0.3) is 10.0 Å². The van der Waals surface area contributed by atoms with Crippen LogP contribution in [0.4, 0.5) is 5.69 Å². The number of carbonyl (C=O) groups is 1. The molecule has 1 unspecified atom stereocenters. The number of fused-ring (bicyclic) bond motifs is 1. The second kappa shape index (κ2) is 8.87. The minimum atomic E-state index is -3.71. The summed E-state index contributed by atoms with van der Waals surface area (Å²) in [7, 11) is -3.71. The van der Waals surface area contributed by atoms with Gasteiger partial charge in [0.1, 0.15) is 5.84 Å². The van der Waals surface area contributed by atoms with Crippen LogP contribution in [-0.2, 0) is 21.2 Å². The Balaban J connectivity index is 1.42. The van der Waals surface area contributed by atoms with Gasteiger partial charge < -0.3 is 5.32 Å². The second-order valence-corrected chi connectivity index (χ2v) is 10.2. The molecular formula is C21H26N4O3S2. The molecule has 1 atom stereocenters. The van der Waals surface area contributed by atoms with Crippen molar-refractivity contribution in [2.45, 2.75) is 43.5 Å². The number of thiophene rings is 1. The van der Waals surface area contributed by atoms with Crippen LogP contribution in [0.15, 0.2) is 45.6 Å². The van der Waals surface area contributed by atoms with Crippen LogP contribution in [0.5, 0.6) is 0 Å². The molecule has 160 valence electrons. The zero-order chi connectivity index (χ0) is 21.1. The molecule has 2 aliphatic rings. The molecule has 2 N–H and O–H groups in total. The van der Waals surface area contributed by atoms with Gasteiger partial charge in [-0.3, -0.25) is 19.4 Å². The number of carbonyl (C=O) groups excluding carboxylic acids is 1. The highest BCUT2D eigenvalue weighted by Gasteiger charge is 2.28. The first-order valence-corrected chi connectivity index (χ1v) is 12.6. The first-order chi connectivity index (χ1) is 14.5. The third kappa shape index (κ3) is 4.58. The third-order valence-corrected chi connectivity index (χ3v) is 7.87. The van der Waals surface area contributed by atoms with E-state index in [0.717, 1.165) is 25.8 Å². The largest absolute Gasteiger partial charge is 0.325 e. The molecule has 0 fully saturated rings. The minimum absolute atomic E-state index is 0.113. The summed E-state index contributed by atoms with van der Waals surface area (Å²) in [6, 6.07) is 8.74. The zero-order valence-electron chi connectivity index (χ0n) is 16.9. The lowest BCUT2D eigenvalue weighted by molar-refractivity contribution is -0.118. The number of amides is 1. The molecule has 30 heavy (non-hydrogen) atoms. The van der Waals surface area contributed by atoms with Gasteiger partial charge in [-0.15, -0.1) is 11.3 Å². The monoisotopic (exact) mass is 446 g/mol. The second-order valence-electron chi connectivity index (χ2n) is 7.56. The number of hydrogen-bond donors (Lipinski definition) is 2. The standard InChI is InChI=1S/C21H26N4O3S2/c1-2-18-17-9-12-29-19(17)8-11-25(18)14-21(26)23-15-5-3-6-16(13-15)30(27,28)24-20-7-4-10-22-20/h3,5-6,9,12-13,18H,2,4,7-8,10-11,14H2,1H3,(H,22,24)(H,23,26). The van der Waals surface area contributed by atoms with Crippen molar-refractivity contribution < 1.29 is 13.2 Å². The van der Waals surface area contributed by atoms with Crippen molar-refractivity contribution >= 4 is 38.8 Å². The predicted molar refractivity (Wildman–Crippen MR) is 120 cm³/mol. The molecule has 2 aromatic rings. The summed E-state index contributed by atoms with van der Waals surface area (Å²) >= 11 is 1.78. The molecule has 1 aromatic carbocycles. The highest BCUT2D eigenvalue weighted by atomic mass is 32.2. The van der Waals surface area contributed by atoms with Gasteiger partial charge in [-0.1, -0.05) is 13.0 Å². The van der Waals surface area contributed by atoms with E-state index in [-0.39, 0.29) is 23.4 Å². The fourth-order valence-electron chi connectivity index (χ4n) is 4.08. The number of sulfonamides is 1. The maximum Gasteiger partial charge on any atom is 0.262 e. The van der Waals surface area contributed by atoms with Crippen LogP contribution in [-0.4, -0.2) is 44.7 Å². The molecule has 1 aromatic heterocycles. The van der Waals surface area contributed by atoms with Gasteiger partial charge in [0, 0.05) is 36.1 Å². The lowest BCUT2D eigenvalue weighted by Gasteiger charge is -2.34. The molecule has 7 nitrogen and oxygen atoms in total. The third-order valence-electron chi connectivity index (χ3n) is 5.49.